The molecule has 1 unspecified atom stereocenters. The number of ether oxygens (including phenoxy) is 2. The summed E-state index contributed by atoms with van der Waals surface area (Å²) in [7, 11) is 0.967. The topological polar surface area (TPSA) is 64.6 Å². The first kappa shape index (κ1) is 17.9. The second kappa shape index (κ2) is 6.11. The highest BCUT2D eigenvalue weighted by Gasteiger charge is 2.45. The van der Waals surface area contributed by atoms with Gasteiger partial charge in [0.2, 0.25) is 5.82 Å². The van der Waals surface area contributed by atoms with Crippen LogP contribution in [0.4, 0.5) is 22.0 Å². The maximum atomic E-state index is 14.3. The number of hydrogen-bond acceptors (Lipinski definition) is 5. The number of nitrogens with one attached hydrogen (secondary N) is 1. The third kappa shape index (κ3) is 2.36. The third-order valence-electron chi connectivity index (χ3n) is 4.15. The predicted molar refractivity (Wildman–Crippen MR) is 74.8 cm³/mol. The fourth-order valence-electron chi connectivity index (χ4n) is 3.01. The average Bonchev–Trinajstić information content (AvgIpc) is 2.98. The molecule has 0 fully saturated rings. The lowest BCUT2D eigenvalue weighted by Crippen LogP contribution is -2.31. The molecule has 0 bridgehead atoms. The fourth-order valence-corrected chi connectivity index (χ4v) is 3.01. The Labute approximate surface area is 143 Å². The SMILES string of the molecule is COC(=O)C1=C(C)NC2=C(C(=O)OC2)C1c1c(F)c(F)c(F)c(F)c1F. The maximum Gasteiger partial charge on any atom is 0.337 e. The van der Waals surface area contributed by atoms with Crippen LogP contribution in [0.15, 0.2) is 22.5 Å². The number of dihydropyridines is 1. The van der Waals surface area contributed by atoms with Crippen LogP contribution < -0.4 is 5.32 Å². The summed E-state index contributed by atoms with van der Waals surface area (Å²) >= 11 is 0. The maximum absolute atomic E-state index is 14.3. The van der Waals surface area contributed by atoms with Crippen LogP contribution in [0, 0.1) is 29.1 Å². The summed E-state index contributed by atoms with van der Waals surface area (Å²) in [6, 6.07) is 0. The fraction of sp³-hybridized carbons (Fsp3) is 0.250. The van der Waals surface area contributed by atoms with Crippen LogP contribution in [0.2, 0.25) is 0 Å². The van der Waals surface area contributed by atoms with E-state index in [0.717, 1.165) is 7.11 Å². The van der Waals surface area contributed by atoms with Crippen LogP contribution in [-0.2, 0) is 19.1 Å². The van der Waals surface area contributed by atoms with E-state index >= 15 is 0 Å². The lowest BCUT2D eigenvalue weighted by atomic mass is 9.80. The molecule has 26 heavy (non-hydrogen) atoms. The number of carbonyl (C=O) groups is 2. The molecule has 138 valence electrons. The second-order valence-corrected chi connectivity index (χ2v) is 5.54. The Balaban J connectivity index is 2.37. The minimum absolute atomic E-state index is 0.0304. The first-order valence-electron chi connectivity index (χ1n) is 7.18. The molecule has 1 N–H and O–H groups in total. The Hall–Kier alpha value is -2.91. The molecule has 1 aromatic carbocycles. The Bertz CT molecular complexity index is 893. The van der Waals surface area contributed by atoms with Gasteiger partial charge in [-0.15, -0.1) is 0 Å². The number of carbonyl (C=O) groups excluding carboxylic acids is 2. The Morgan fingerprint density at radius 3 is 2.15 bits per heavy atom. The summed E-state index contributed by atoms with van der Waals surface area (Å²) in [5.41, 5.74) is -2.11. The summed E-state index contributed by atoms with van der Waals surface area (Å²) in [6.07, 6.45) is 0. The summed E-state index contributed by atoms with van der Waals surface area (Å²) < 4.78 is 78.7. The molecule has 3 rings (SSSR count). The minimum Gasteiger partial charge on any atom is -0.466 e. The molecule has 0 saturated carbocycles. The molecule has 0 aromatic heterocycles. The highest BCUT2D eigenvalue weighted by atomic mass is 19.2. The number of allylic oxidation sites excluding steroid dienone is 1. The van der Waals surface area contributed by atoms with Crippen molar-refractivity contribution in [1.29, 1.82) is 0 Å². The van der Waals surface area contributed by atoms with Crippen molar-refractivity contribution in [2.24, 2.45) is 0 Å². The van der Waals surface area contributed by atoms with Crippen molar-refractivity contribution in [3.63, 3.8) is 0 Å². The van der Waals surface area contributed by atoms with E-state index < -0.39 is 63.7 Å². The van der Waals surface area contributed by atoms with Gasteiger partial charge in [-0.1, -0.05) is 0 Å². The lowest BCUT2D eigenvalue weighted by Gasteiger charge is -2.27. The third-order valence-corrected chi connectivity index (χ3v) is 4.15. The quantitative estimate of drug-likeness (QED) is 0.372. The number of halogens is 5. The van der Waals surface area contributed by atoms with E-state index in [4.69, 9.17) is 4.74 Å². The number of methoxy groups -OCH3 is 1. The number of cyclic esters (lactones) is 1. The van der Waals surface area contributed by atoms with E-state index in [0.29, 0.717) is 0 Å². The number of hydrogen-bond donors (Lipinski definition) is 1. The van der Waals surface area contributed by atoms with Gasteiger partial charge in [0.15, 0.2) is 23.3 Å². The van der Waals surface area contributed by atoms with E-state index in [1.54, 1.807) is 0 Å². The van der Waals surface area contributed by atoms with Crippen molar-refractivity contribution in [2.45, 2.75) is 12.8 Å². The first-order valence-corrected chi connectivity index (χ1v) is 7.18. The monoisotopic (exact) mass is 375 g/mol. The molecule has 0 aliphatic carbocycles. The average molecular weight is 375 g/mol. The Kier molecular flexibility index (Phi) is 4.21. The van der Waals surface area contributed by atoms with Crippen molar-refractivity contribution < 1.29 is 41.0 Å². The van der Waals surface area contributed by atoms with Crippen LogP contribution in [0.1, 0.15) is 18.4 Å². The molecule has 0 saturated heterocycles. The standard InChI is InChI=1S/C16H10F5NO4/c1-4-6(15(23)25-2)8(7-5(22-4)3-26-16(7)24)9-10(17)12(19)14(21)13(20)11(9)18/h8,22H,3H2,1-2H3. The zero-order chi connectivity index (χ0) is 19.3. The molecule has 1 aromatic rings. The van der Waals surface area contributed by atoms with Gasteiger partial charge in [0.1, 0.15) is 6.61 Å². The van der Waals surface area contributed by atoms with Crippen molar-refractivity contribution in [3.8, 4) is 0 Å². The zero-order valence-corrected chi connectivity index (χ0v) is 13.3. The summed E-state index contributed by atoms with van der Waals surface area (Å²) in [5.74, 6) is -15.0. The summed E-state index contributed by atoms with van der Waals surface area (Å²) in [5, 5.41) is 2.66. The van der Waals surface area contributed by atoms with Crippen molar-refractivity contribution >= 4 is 11.9 Å². The van der Waals surface area contributed by atoms with Gasteiger partial charge in [0, 0.05) is 11.3 Å². The molecule has 0 amide bonds. The number of esters is 2. The van der Waals surface area contributed by atoms with Crippen LogP contribution in [0.25, 0.3) is 0 Å². The summed E-state index contributed by atoms with van der Waals surface area (Å²) in [6.45, 7) is 1.03. The first-order chi connectivity index (χ1) is 12.2. The normalized spacial score (nSPS) is 19.3. The summed E-state index contributed by atoms with van der Waals surface area (Å²) in [4.78, 5) is 24.1. The molecule has 2 heterocycles. The van der Waals surface area contributed by atoms with Crippen molar-refractivity contribution in [2.75, 3.05) is 13.7 Å². The number of rotatable bonds is 2. The van der Waals surface area contributed by atoms with Gasteiger partial charge in [-0.05, 0) is 6.92 Å². The van der Waals surface area contributed by atoms with Gasteiger partial charge in [-0.3, -0.25) is 0 Å². The molecule has 0 radical (unpaired) electrons. The van der Waals surface area contributed by atoms with E-state index in [-0.39, 0.29) is 18.0 Å². The molecule has 5 nitrogen and oxygen atoms in total. The van der Waals surface area contributed by atoms with Crippen molar-refractivity contribution in [3.05, 3.63) is 57.2 Å². The molecular weight excluding hydrogens is 365 g/mol. The van der Waals surface area contributed by atoms with E-state index in [1.165, 1.54) is 6.92 Å². The van der Waals surface area contributed by atoms with Gasteiger partial charge in [0.25, 0.3) is 0 Å². The molecule has 2 aliphatic heterocycles. The molecular formula is C16H10F5NO4. The smallest absolute Gasteiger partial charge is 0.337 e. The van der Waals surface area contributed by atoms with E-state index in [2.05, 4.69) is 10.1 Å². The van der Waals surface area contributed by atoms with Crippen LogP contribution in [0.5, 0.6) is 0 Å². The van der Waals surface area contributed by atoms with E-state index in [9.17, 15) is 31.5 Å². The van der Waals surface area contributed by atoms with Gasteiger partial charge < -0.3 is 14.8 Å². The largest absolute Gasteiger partial charge is 0.466 e. The Morgan fingerprint density at radius 1 is 1.08 bits per heavy atom. The van der Waals surface area contributed by atoms with Gasteiger partial charge >= 0.3 is 11.9 Å². The lowest BCUT2D eigenvalue weighted by molar-refractivity contribution is -0.136. The minimum atomic E-state index is -2.35. The van der Waals surface area contributed by atoms with E-state index in [1.807, 2.05) is 0 Å². The van der Waals surface area contributed by atoms with Gasteiger partial charge in [-0.25, -0.2) is 31.5 Å². The highest BCUT2D eigenvalue weighted by Crippen LogP contribution is 2.44. The van der Waals surface area contributed by atoms with Crippen LogP contribution in [0.3, 0.4) is 0 Å². The second-order valence-electron chi connectivity index (χ2n) is 5.54. The van der Waals surface area contributed by atoms with Crippen LogP contribution in [-0.4, -0.2) is 25.7 Å². The van der Waals surface area contributed by atoms with Crippen LogP contribution >= 0.6 is 0 Å². The molecule has 10 heteroatoms. The number of benzene rings is 1. The van der Waals surface area contributed by atoms with Crippen molar-refractivity contribution in [1.82, 2.24) is 5.32 Å². The Morgan fingerprint density at radius 2 is 1.62 bits per heavy atom. The van der Waals surface area contributed by atoms with Gasteiger partial charge in [0.05, 0.1) is 29.9 Å². The molecule has 2 aliphatic rings. The molecule has 1 atom stereocenters. The predicted octanol–water partition coefficient (Wildman–Crippen LogP) is 2.33. The zero-order valence-electron chi connectivity index (χ0n) is 13.3. The highest BCUT2D eigenvalue weighted by molar-refractivity contribution is 6.01. The van der Waals surface area contributed by atoms with Gasteiger partial charge in [-0.2, -0.15) is 0 Å². The molecule has 0 spiro atoms.